The van der Waals surface area contributed by atoms with Crippen LogP contribution >= 0.6 is 11.3 Å². The Hall–Kier alpha value is -2.92. The highest BCUT2D eigenvalue weighted by molar-refractivity contribution is 7.12. The van der Waals surface area contributed by atoms with Gasteiger partial charge < -0.3 is 10.6 Å². The molecule has 2 amide bonds. The van der Waals surface area contributed by atoms with Crippen molar-refractivity contribution in [2.24, 2.45) is 0 Å². The number of benzene rings is 2. The molecule has 0 saturated carbocycles. The molecule has 0 radical (unpaired) electrons. The van der Waals surface area contributed by atoms with Gasteiger partial charge in [0.2, 0.25) is 5.91 Å². The van der Waals surface area contributed by atoms with Gasteiger partial charge in [-0.1, -0.05) is 67.6 Å². The Morgan fingerprint density at radius 2 is 1.61 bits per heavy atom. The minimum Gasteiger partial charge on any atom is -0.347 e. The largest absolute Gasteiger partial charge is 0.347 e. The van der Waals surface area contributed by atoms with Gasteiger partial charge in [-0.2, -0.15) is 0 Å². The summed E-state index contributed by atoms with van der Waals surface area (Å²) in [6.45, 7) is 4.06. The summed E-state index contributed by atoms with van der Waals surface area (Å²) in [5.74, 6) is -0.484. The molecule has 2 aromatic carbocycles. The van der Waals surface area contributed by atoms with Crippen LogP contribution in [-0.2, 0) is 11.2 Å². The van der Waals surface area contributed by atoms with Crippen LogP contribution in [0.3, 0.4) is 0 Å². The third kappa shape index (κ3) is 4.87. The molecule has 144 valence electrons. The molecule has 3 aromatic rings. The lowest BCUT2D eigenvalue weighted by atomic mass is 10.0. The van der Waals surface area contributed by atoms with Crippen molar-refractivity contribution in [1.82, 2.24) is 10.6 Å². The highest BCUT2D eigenvalue weighted by Gasteiger charge is 2.25. The van der Waals surface area contributed by atoms with E-state index in [0.717, 1.165) is 17.5 Å². The molecule has 0 saturated heterocycles. The van der Waals surface area contributed by atoms with E-state index in [-0.39, 0.29) is 17.9 Å². The predicted molar refractivity (Wildman–Crippen MR) is 113 cm³/mol. The number of rotatable bonds is 7. The summed E-state index contributed by atoms with van der Waals surface area (Å²) >= 11 is 1.35. The van der Waals surface area contributed by atoms with Crippen molar-refractivity contribution in [3.63, 3.8) is 0 Å². The fraction of sp³-hybridized carbons (Fsp3) is 0.217. The van der Waals surface area contributed by atoms with Gasteiger partial charge in [-0.3, -0.25) is 9.59 Å². The van der Waals surface area contributed by atoms with Gasteiger partial charge in [0.05, 0.1) is 10.9 Å². The Morgan fingerprint density at radius 3 is 2.21 bits per heavy atom. The number of nitrogens with one attached hydrogen (secondary N) is 2. The van der Waals surface area contributed by atoms with Crippen LogP contribution in [-0.4, -0.2) is 11.8 Å². The first-order chi connectivity index (χ1) is 13.6. The maximum Gasteiger partial charge on any atom is 0.262 e. The highest BCUT2D eigenvalue weighted by Crippen LogP contribution is 2.19. The number of carbonyl (C=O) groups excluding carboxylic acids is 2. The van der Waals surface area contributed by atoms with Crippen molar-refractivity contribution in [2.45, 2.75) is 32.4 Å². The lowest BCUT2D eigenvalue weighted by Gasteiger charge is -2.22. The van der Waals surface area contributed by atoms with Crippen LogP contribution in [0.5, 0.6) is 0 Å². The molecule has 0 aliphatic heterocycles. The van der Waals surface area contributed by atoms with Crippen molar-refractivity contribution in [1.29, 1.82) is 0 Å². The number of aryl methyl sites for hydroxylation is 1. The molecule has 3 rings (SSSR count). The summed E-state index contributed by atoms with van der Waals surface area (Å²) in [5.41, 5.74) is 3.04. The first kappa shape index (κ1) is 19.8. The van der Waals surface area contributed by atoms with E-state index in [1.54, 1.807) is 6.07 Å². The van der Waals surface area contributed by atoms with Crippen LogP contribution in [0.15, 0.2) is 72.1 Å². The molecule has 0 aliphatic carbocycles. The van der Waals surface area contributed by atoms with E-state index in [1.165, 1.54) is 16.9 Å². The highest BCUT2D eigenvalue weighted by atomic mass is 32.1. The number of hydrogen-bond acceptors (Lipinski definition) is 3. The Balaban J connectivity index is 1.76. The average Bonchev–Trinajstić information content (AvgIpc) is 3.27. The van der Waals surface area contributed by atoms with Gasteiger partial charge in [0.25, 0.3) is 5.91 Å². The van der Waals surface area contributed by atoms with Gasteiger partial charge in [0, 0.05) is 0 Å². The van der Waals surface area contributed by atoms with Crippen LogP contribution in [0.4, 0.5) is 0 Å². The van der Waals surface area contributed by atoms with E-state index in [2.05, 4.69) is 29.7 Å². The fourth-order valence-electron chi connectivity index (χ4n) is 2.98. The normalized spacial score (nSPS) is 12.8. The van der Waals surface area contributed by atoms with Gasteiger partial charge in [0.1, 0.15) is 6.04 Å². The zero-order chi connectivity index (χ0) is 19.9. The number of hydrogen-bond donors (Lipinski definition) is 2. The SMILES string of the molecule is CCc1ccc([C@@H](C)NC(=O)[C@@H](NC(=O)c2cccs2)c2ccccc2)cc1. The van der Waals surface area contributed by atoms with Gasteiger partial charge >= 0.3 is 0 Å². The lowest BCUT2D eigenvalue weighted by molar-refractivity contribution is -0.123. The summed E-state index contributed by atoms with van der Waals surface area (Å²) < 4.78 is 0. The molecular formula is C23H24N2O2S. The molecule has 1 heterocycles. The number of carbonyl (C=O) groups is 2. The molecule has 0 spiro atoms. The second-order valence-corrected chi connectivity index (χ2v) is 7.57. The zero-order valence-corrected chi connectivity index (χ0v) is 16.8. The third-order valence-electron chi connectivity index (χ3n) is 4.66. The quantitative estimate of drug-likeness (QED) is 0.614. The van der Waals surface area contributed by atoms with Crippen LogP contribution in [0.25, 0.3) is 0 Å². The molecule has 2 atom stereocenters. The van der Waals surface area contributed by atoms with E-state index in [0.29, 0.717) is 4.88 Å². The van der Waals surface area contributed by atoms with Crippen LogP contribution in [0.2, 0.25) is 0 Å². The molecule has 5 heteroatoms. The van der Waals surface area contributed by atoms with E-state index >= 15 is 0 Å². The molecule has 28 heavy (non-hydrogen) atoms. The molecule has 0 fully saturated rings. The summed E-state index contributed by atoms with van der Waals surface area (Å²) in [5, 5.41) is 7.74. The van der Waals surface area contributed by atoms with Crippen LogP contribution in [0.1, 0.15) is 52.3 Å². The first-order valence-corrected chi connectivity index (χ1v) is 10.2. The average molecular weight is 393 g/mol. The van der Waals surface area contributed by atoms with Crippen molar-refractivity contribution in [2.75, 3.05) is 0 Å². The summed E-state index contributed by atoms with van der Waals surface area (Å²) in [7, 11) is 0. The first-order valence-electron chi connectivity index (χ1n) is 9.37. The smallest absolute Gasteiger partial charge is 0.262 e. The second-order valence-electron chi connectivity index (χ2n) is 6.62. The topological polar surface area (TPSA) is 58.2 Å². The summed E-state index contributed by atoms with van der Waals surface area (Å²) in [6, 6.07) is 20.2. The minimum atomic E-state index is -0.756. The summed E-state index contributed by atoms with van der Waals surface area (Å²) in [4.78, 5) is 26.2. The molecular weight excluding hydrogens is 368 g/mol. The standard InChI is InChI=1S/C23H24N2O2S/c1-3-17-11-13-18(14-12-17)16(2)24-23(27)21(19-8-5-4-6-9-19)25-22(26)20-10-7-15-28-20/h4-16,21H,3H2,1-2H3,(H,24,27)(H,25,26)/t16-,21+/m1/s1. The van der Waals surface area contributed by atoms with E-state index in [4.69, 9.17) is 0 Å². The van der Waals surface area contributed by atoms with Crippen molar-refractivity contribution in [3.8, 4) is 0 Å². The Kier molecular flexibility index (Phi) is 6.61. The predicted octanol–water partition coefficient (Wildman–Crippen LogP) is 4.66. The fourth-order valence-corrected chi connectivity index (χ4v) is 3.60. The molecule has 0 bridgehead atoms. The summed E-state index contributed by atoms with van der Waals surface area (Å²) in [6.07, 6.45) is 0.978. The molecule has 2 N–H and O–H groups in total. The maximum atomic E-state index is 13.0. The van der Waals surface area contributed by atoms with Crippen molar-refractivity contribution in [3.05, 3.63) is 93.7 Å². The van der Waals surface area contributed by atoms with Gasteiger partial charge in [-0.15, -0.1) is 11.3 Å². The molecule has 4 nitrogen and oxygen atoms in total. The maximum absolute atomic E-state index is 13.0. The van der Waals surface area contributed by atoms with E-state index in [9.17, 15) is 9.59 Å². The van der Waals surface area contributed by atoms with Crippen LogP contribution < -0.4 is 10.6 Å². The monoisotopic (exact) mass is 392 g/mol. The third-order valence-corrected chi connectivity index (χ3v) is 5.53. The number of amides is 2. The van der Waals surface area contributed by atoms with E-state index < -0.39 is 6.04 Å². The van der Waals surface area contributed by atoms with Crippen molar-refractivity contribution >= 4 is 23.2 Å². The molecule has 0 aliphatic rings. The van der Waals surface area contributed by atoms with Crippen molar-refractivity contribution < 1.29 is 9.59 Å². The second kappa shape index (κ2) is 9.33. The molecule has 0 unspecified atom stereocenters. The Bertz CT molecular complexity index is 906. The zero-order valence-electron chi connectivity index (χ0n) is 16.0. The van der Waals surface area contributed by atoms with Gasteiger partial charge in [0.15, 0.2) is 0 Å². The molecule has 1 aromatic heterocycles. The lowest BCUT2D eigenvalue weighted by Crippen LogP contribution is -2.41. The van der Waals surface area contributed by atoms with Gasteiger partial charge in [-0.25, -0.2) is 0 Å². The Morgan fingerprint density at radius 1 is 0.893 bits per heavy atom. The minimum absolute atomic E-state index is 0.164. The van der Waals surface area contributed by atoms with E-state index in [1.807, 2.05) is 60.8 Å². The van der Waals surface area contributed by atoms with Crippen LogP contribution in [0, 0.1) is 0 Å². The van der Waals surface area contributed by atoms with Gasteiger partial charge in [-0.05, 0) is 41.5 Å². The number of thiophene rings is 1. The Labute approximate surface area is 169 Å².